The lowest BCUT2D eigenvalue weighted by Gasteiger charge is -2.07. The highest BCUT2D eigenvalue weighted by Crippen LogP contribution is 2.25. The summed E-state index contributed by atoms with van der Waals surface area (Å²) in [5.74, 6) is 1.61. The highest BCUT2D eigenvalue weighted by Gasteiger charge is 2.41. The Bertz CT molecular complexity index is 1190. The van der Waals surface area contributed by atoms with Crippen LogP contribution in [0.4, 0.5) is 5.82 Å². The van der Waals surface area contributed by atoms with Gasteiger partial charge in [0.25, 0.3) is 0 Å². The highest BCUT2D eigenvalue weighted by molar-refractivity contribution is 5.82. The van der Waals surface area contributed by atoms with E-state index in [1.807, 2.05) is 30.3 Å². The minimum atomic E-state index is -0.414. The van der Waals surface area contributed by atoms with Crippen molar-refractivity contribution in [3.63, 3.8) is 0 Å². The summed E-state index contributed by atoms with van der Waals surface area (Å²) in [6.07, 6.45) is 6.25. The fourth-order valence-electron chi connectivity index (χ4n) is 3.70. The first-order chi connectivity index (χ1) is 14.7. The topological polar surface area (TPSA) is 94.8 Å². The number of anilines is 1. The number of hydrogen-bond acceptors (Lipinski definition) is 5. The molecule has 3 heterocycles. The maximum atomic E-state index is 13.2. The molecule has 4 aromatic rings. The van der Waals surface area contributed by atoms with Crippen molar-refractivity contribution >= 4 is 11.7 Å². The van der Waals surface area contributed by atoms with Crippen LogP contribution in [0.15, 0.2) is 73.2 Å². The van der Waals surface area contributed by atoms with Crippen LogP contribution in [0, 0.1) is 0 Å². The van der Waals surface area contributed by atoms with E-state index in [0.29, 0.717) is 24.4 Å². The summed E-state index contributed by atoms with van der Waals surface area (Å²) in [6.45, 7) is 0. The second-order valence-corrected chi connectivity index (χ2v) is 7.28. The molecule has 0 amide bonds. The molecule has 148 valence electrons. The van der Waals surface area contributed by atoms with E-state index in [1.165, 1.54) is 0 Å². The first kappa shape index (κ1) is 18.1. The third-order valence-electron chi connectivity index (χ3n) is 5.20. The van der Waals surface area contributed by atoms with Gasteiger partial charge in [-0.2, -0.15) is 4.57 Å². The molecule has 0 aliphatic carbocycles. The quantitative estimate of drug-likeness (QED) is 0.450. The van der Waals surface area contributed by atoms with Crippen molar-refractivity contribution < 1.29 is 14.5 Å². The zero-order valence-corrected chi connectivity index (χ0v) is 16.1. The summed E-state index contributed by atoms with van der Waals surface area (Å²) in [5.41, 5.74) is 3.42. The summed E-state index contributed by atoms with van der Waals surface area (Å²) in [5, 5.41) is 13.0. The van der Waals surface area contributed by atoms with E-state index in [2.05, 4.69) is 15.3 Å². The normalized spacial score (nSPS) is 15.1. The van der Waals surface area contributed by atoms with Gasteiger partial charge < -0.3 is 10.1 Å². The molecule has 7 nitrogen and oxygen atoms in total. The van der Waals surface area contributed by atoms with Gasteiger partial charge in [-0.15, -0.1) is 0 Å². The number of benzene rings is 2. The van der Waals surface area contributed by atoms with Gasteiger partial charge in [0, 0.05) is 24.4 Å². The van der Waals surface area contributed by atoms with E-state index in [0.717, 1.165) is 22.6 Å². The van der Waals surface area contributed by atoms with Crippen molar-refractivity contribution in [2.75, 3.05) is 5.32 Å². The Morgan fingerprint density at radius 3 is 2.60 bits per heavy atom. The second-order valence-electron chi connectivity index (χ2n) is 7.28. The zero-order valence-electron chi connectivity index (χ0n) is 16.1. The number of aromatic nitrogens is 4. The van der Waals surface area contributed by atoms with Gasteiger partial charge in [0.2, 0.25) is 6.04 Å². The molecule has 5 rings (SSSR count). The summed E-state index contributed by atoms with van der Waals surface area (Å²) in [6, 6.07) is 16.5. The average molecular weight is 398 g/mol. The Morgan fingerprint density at radius 1 is 1.07 bits per heavy atom. The number of carbonyl (C=O) groups is 1. The Morgan fingerprint density at radius 2 is 1.87 bits per heavy atom. The van der Waals surface area contributed by atoms with Crippen molar-refractivity contribution in [2.24, 2.45) is 0 Å². The predicted molar refractivity (Wildman–Crippen MR) is 111 cm³/mol. The van der Waals surface area contributed by atoms with Gasteiger partial charge in [-0.25, -0.2) is 14.8 Å². The average Bonchev–Trinajstić information content (AvgIpc) is 3.38. The molecular formula is C23H20N5O2+. The van der Waals surface area contributed by atoms with Crippen LogP contribution >= 0.6 is 0 Å². The van der Waals surface area contributed by atoms with Crippen molar-refractivity contribution in [1.29, 1.82) is 0 Å². The summed E-state index contributed by atoms with van der Waals surface area (Å²) < 4.78 is 1.65. The van der Waals surface area contributed by atoms with Crippen LogP contribution in [0.3, 0.4) is 0 Å². The fourth-order valence-corrected chi connectivity index (χ4v) is 3.70. The molecule has 1 unspecified atom stereocenters. The minimum absolute atomic E-state index is 0.0434. The summed E-state index contributed by atoms with van der Waals surface area (Å²) >= 11 is 0. The lowest BCUT2D eigenvalue weighted by atomic mass is 10.1. The third-order valence-corrected chi connectivity index (χ3v) is 5.20. The van der Waals surface area contributed by atoms with Gasteiger partial charge in [0.1, 0.15) is 29.2 Å². The van der Waals surface area contributed by atoms with Crippen LogP contribution in [-0.4, -0.2) is 32.0 Å². The Kier molecular flexibility index (Phi) is 4.48. The van der Waals surface area contributed by atoms with Crippen LogP contribution in [0.1, 0.15) is 21.9 Å². The largest absolute Gasteiger partial charge is 0.508 e. The van der Waals surface area contributed by atoms with Crippen molar-refractivity contribution in [2.45, 2.75) is 18.9 Å². The molecule has 30 heavy (non-hydrogen) atoms. The first-order valence-corrected chi connectivity index (χ1v) is 9.75. The number of rotatable bonds is 5. The molecule has 0 fully saturated rings. The van der Waals surface area contributed by atoms with E-state index >= 15 is 0 Å². The van der Waals surface area contributed by atoms with E-state index < -0.39 is 6.04 Å². The number of phenols is 1. The number of aromatic amines is 1. The van der Waals surface area contributed by atoms with Crippen molar-refractivity contribution in [3.8, 4) is 17.0 Å². The number of aromatic hydroxyl groups is 1. The molecule has 7 heteroatoms. The molecule has 2 aromatic heterocycles. The second kappa shape index (κ2) is 7.44. The number of carbonyl (C=O) groups excluding carboxylic acids is 1. The maximum absolute atomic E-state index is 13.2. The molecule has 0 saturated heterocycles. The molecule has 1 aliphatic heterocycles. The lowest BCUT2D eigenvalue weighted by Crippen LogP contribution is -2.44. The molecule has 3 N–H and O–H groups in total. The molecule has 1 atom stereocenters. The number of H-pyrrole nitrogens is 1. The molecule has 1 aliphatic rings. The van der Waals surface area contributed by atoms with Gasteiger partial charge in [-0.1, -0.05) is 30.3 Å². The van der Waals surface area contributed by atoms with Crippen LogP contribution in [0.5, 0.6) is 5.75 Å². The minimum Gasteiger partial charge on any atom is -0.508 e. The third kappa shape index (κ3) is 3.41. The Labute approximate surface area is 173 Å². The van der Waals surface area contributed by atoms with Gasteiger partial charge in [-0.3, -0.25) is 5.32 Å². The zero-order chi connectivity index (χ0) is 20.5. The number of phenolic OH excluding ortho intramolecular Hbond substituents is 1. The Balaban J connectivity index is 1.56. The van der Waals surface area contributed by atoms with Crippen LogP contribution < -0.4 is 9.88 Å². The monoisotopic (exact) mass is 398 g/mol. The summed E-state index contributed by atoms with van der Waals surface area (Å²) in [7, 11) is 0. The van der Waals surface area contributed by atoms with E-state index in [4.69, 9.17) is 4.98 Å². The summed E-state index contributed by atoms with van der Waals surface area (Å²) in [4.78, 5) is 25.3. The van der Waals surface area contributed by atoms with E-state index in [1.54, 1.807) is 47.4 Å². The molecule has 0 radical (unpaired) electrons. The predicted octanol–water partition coefficient (Wildman–Crippen LogP) is 2.73. The highest BCUT2D eigenvalue weighted by atomic mass is 16.3. The molecule has 0 bridgehead atoms. The molecular weight excluding hydrogens is 378 g/mol. The fraction of sp³-hybridized carbons (Fsp3) is 0.130. The molecule has 0 saturated carbocycles. The standard InChI is InChI=1S/C23H19N5O2/c29-17-8-6-16(7-9-17)20-14-28-22(18(26-20)12-15-4-2-1-3-5-15)27-19(23(28)30)13-21-24-10-11-25-21/h1-11,14,19H,12-13H2,(H2,24,25,29)/p+1. The number of hydrogen-bond donors (Lipinski definition) is 3. The van der Waals surface area contributed by atoms with Gasteiger partial charge in [-0.05, 0) is 29.8 Å². The van der Waals surface area contributed by atoms with Crippen LogP contribution in [-0.2, 0) is 12.8 Å². The van der Waals surface area contributed by atoms with Crippen LogP contribution in [0.25, 0.3) is 11.3 Å². The van der Waals surface area contributed by atoms with E-state index in [-0.39, 0.29) is 11.7 Å². The molecule has 0 spiro atoms. The van der Waals surface area contributed by atoms with Crippen molar-refractivity contribution in [3.05, 3.63) is 90.3 Å². The van der Waals surface area contributed by atoms with Crippen LogP contribution in [0.2, 0.25) is 0 Å². The number of nitrogens with zero attached hydrogens (tertiary/aromatic N) is 3. The molecule has 2 aromatic carbocycles. The SMILES string of the molecule is O=C1C(Cc2ncc[nH]2)Nc2c(Cc3ccccc3)nc(-c3ccc(O)cc3)c[n+]21. The van der Waals surface area contributed by atoms with Gasteiger partial charge >= 0.3 is 11.7 Å². The number of fused-ring (bicyclic) bond motifs is 1. The number of imidazole rings is 1. The van der Waals surface area contributed by atoms with E-state index in [9.17, 15) is 9.90 Å². The Hall–Kier alpha value is -4.00. The number of nitrogens with one attached hydrogen (secondary N) is 2. The van der Waals surface area contributed by atoms with Gasteiger partial charge in [0.15, 0.2) is 0 Å². The smallest absolute Gasteiger partial charge is 0.359 e. The van der Waals surface area contributed by atoms with Gasteiger partial charge in [0.05, 0.1) is 6.42 Å². The first-order valence-electron chi connectivity index (χ1n) is 9.75. The lowest BCUT2D eigenvalue weighted by molar-refractivity contribution is -0.552. The van der Waals surface area contributed by atoms with Crippen molar-refractivity contribution in [1.82, 2.24) is 15.0 Å². The maximum Gasteiger partial charge on any atom is 0.359 e.